The van der Waals surface area contributed by atoms with Gasteiger partial charge in [0.05, 0.1) is 15.6 Å². The number of carbonyl (C=O) groups excluding carboxylic acids is 1. The predicted molar refractivity (Wildman–Crippen MR) is 111 cm³/mol. The zero-order chi connectivity index (χ0) is 20.0. The molecule has 28 heavy (non-hydrogen) atoms. The van der Waals surface area contributed by atoms with Gasteiger partial charge < -0.3 is 4.74 Å². The normalized spacial score (nSPS) is 11.3. The summed E-state index contributed by atoms with van der Waals surface area (Å²) in [6.07, 6.45) is 0. The number of hydrogen-bond donors (Lipinski definition) is 1. The van der Waals surface area contributed by atoms with Crippen LogP contribution in [0.3, 0.4) is 0 Å². The summed E-state index contributed by atoms with van der Waals surface area (Å²) < 4.78 is 8.46. The molecule has 7 nitrogen and oxygen atoms in total. The Morgan fingerprint density at radius 2 is 1.89 bits per heavy atom. The fraction of sp³-hybridized carbons (Fsp3) is 0.300. The molecule has 0 aliphatic heterocycles. The molecule has 0 radical (unpaired) electrons. The van der Waals surface area contributed by atoms with Gasteiger partial charge in [-0.25, -0.2) is 14.6 Å². The lowest BCUT2D eigenvalue weighted by molar-refractivity contribution is -0.118. The van der Waals surface area contributed by atoms with Crippen molar-refractivity contribution in [2.45, 2.75) is 27.7 Å². The van der Waals surface area contributed by atoms with E-state index in [4.69, 9.17) is 4.74 Å². The van der Waals surface area contributed by atoms with Crippen molar-refractivity contribution in [3.05, 3.63) is 40.6 Å². The number of anilines is 1. The maximum Gasteiger partial charge on any atom is 0.264 e. The Hall–Kier alpha value is -3.00. The molecule has 0 bridgehead atoms. The second-order valence-corrected chi connectivity index (χ2v) is 7.94. The Morgan fingerprint density at radius 1 is 1.14 bits per heavy atom. The van der Waals surface area contributed by atoms with Gasteiger partial charge in [-0.05, 0) is 50.5 Å². The molecule has 1 amide bonds. The molecular weight excluding hydrogens is 374 g/mol. The highest BCUT2D eigenvalue weighted by Crippen LogP contribution is 2.31. The van der Waals surface area contributed by atoms with Crippen molar-refractivity contribution in [1.29, 1.82) is 0 Å². The lowest BCUT2D eigenvalue weighted by atomic mass is 10.1. The maximum atomic E-state index is 12.4. The molecule has 0 aliphatic carbocycles. The molecule has 1 aromatic carbocycles. The number of hydrogen-bond acceptors (Lipinski definition) is 6. The van der Waals surface area contributed by atoms with Crippen LogP contribution in [0.15, 0.2) is 18.2 Å². The first-order valence-corrected chi connectivity index (χ1v) is 9.75. The number of nitrogens with zero attached hydrogens (tertiary/aromatic N) is 4. The molecule has 8 heteroatoms. The van der Waals surface area contributed by atoms with Gasteiger partial charge in [0.25, 0.3) is 5.91 Å². The summed E-state index contributed by atoms with van der Waals surface area (Å²) in [5.41, 5.74) is 5.83. The van der Waals surface area contributed by atoms with E-state index in [9.17, 15) is 4.79 Å². The predicted octanol–water partition coefficient (Wildman–Crippen LogP) is 3.83. The van der Waals surface area contributed by atoms with Gasteiger partial charge in [0.1, 0.15) is 0 Å². The van der Waals surface area contributed by atoms with Gasteiger partial charge in [-0.2, -0.15) is 0 Å². The lowest BCUT2D eigenvalue weighted by Gasteiger charge is -2.04. The third-order valence-electron chi connectivity index (χ3n) is 4.62. The van der Waals surface area contributed by atoms with E-state index in [1.165, 1.54) is 11.3 Å². The smallest absolute Gasteiger partial charge is 0.264 e. The summed E-state index contributed by atoms with van der Waals surface area (Å²) in [7, 11) is 1.81. The number of amides is 1. The molecule has 1 N–H and O–H groups in total. The summed E-state index contributed by atoms with van der Waals surface area (Å²) in [6.45, 7) is 7.83. The van der Waals surface area contributed by atoms with Crippen LogP contribution in [0.25, 0.3) is 21.3 Å². The van der Waals surface area contributed by atoms with Gasteiger partial charge >= 0.3 is 0 Å². The van der Waals surface area contributed by atoms with Gasteiger partial charge in [0, 0.05) is 12.7 Å². The minimum Gasteiger partial charge on any atom is -0.466 e. The Balaban J connectivity index is 1.52. The summed E-state index contributed by atoms with van der Waals surface area (Å²) in [5.74, 6) is 0.138. The molecular formula is C20H21N5O2S. The molecule has 0 atom stereocenters. The van der Waals surface area contributed by atoms with Gasteiger partial charge in [0.2, 0.25) is 5.88 Å². The number of carbonyl (C=O) groups is 1. The average molecular weight is 395 g/mol. The molecule has 0 saturated heterocycles. The maximum absolute atomic E-state index is 12.4. The highest BCUT2D eigenvalue weighted by Gasteiger charge is 2.16. The summed E-state index contributed by atoms with van der Waals surface area (Å²) in [5, 5.41) is 8.59. The Bertz CT molecular complexity index is 1190. The molecule has 4 aromatic rings. The van der Waals surface area contributed by atoms with Gasteiger partial charge in [0.15, 0.2) is 17.4 Å². The second-order valence-electron chi connectivity index (χ2n) is 6.94. The van der Waals surface area contributed by atoms with Crippen LogP contribution in [0.5, 0.6) is 5.88 Å². The van der Waals surface area contributed by atoms with Crippen LogP contribution in [0, 0.1) is 27.7 Å². The molecule has 4 rings (SSSR count). The van der Waals surface area contributed by atoms with Crippen molar-refractivity contribution in [2.24, 2.45) is 7.05 Å². The molecule has 3 heterocycles. The highest BCUT2D eigenvalue weighted by molar-refractivity contribution is 7.22. The van der Waals surface area contributed by atoms with E-state index in [-0.39, 0.29) is 12.5 Å². The van der Waals surface area contributed by atoms with Crippen molar-refractivity contribution >= 4 is 43.6 Å². The summed E-state index contributed by atoms with van der Waals surface area (Å²) >= 11 is 1.47. The molecule has 0 saturated carbocycles. The first-order chi connectivity index (χ1) is 13.3. The molecule has 0 fully saturated rings. The molecule has 0 unspecified atom stereocenters. The standard InChI is InChI=1S/C20H21N5O2S/c1-10-6-7-11(2)17-16(10)23-20(28-17)22-14(26)9-27-19-15-12(3)8-13(4)21-18(15)25(5)24-19/h6-8H,9H2,1-5H3,(H,22,23,26). The molecule has 0 spiro atoms. The fourth-order valence-electron chi connectivity index (χ4n) is 3.25. The van der Waals surface area contributed by atoms with E-state index in [2.05, 4.69) is 26.4 Å². The molecule has 3 aromatic heterocycles. The average Bonchev–Trinajstić information content (AvgIpc) is 3.19. The number of ether oxygens (including phenoxy) is 1. The van der Waals surface area contributed by atoms with E-state index < -0.39 is 0 Å². The van der Waals surface area contributed by atoms with Crippen LogP contribution >= 0.6 is 11.3 Å². The minimum atomic E-state index is -0.272. The fourth-order valence-corrected chi connectivity index (χ4v) is 4.28. The Morgan fingerprint density at radius 3 is 2.64 bits per heavy atom. The third-order valence-corrected chi connectivity index (χ3v) is 5.72. The molecule has 0 aliphatic rings. The third kappa shape index (κ3) is 3.20. The van der Waals surface area contributed by atoms with Crippen LogP contribution in [-0.4, -0.2) is 32.3 Å². The van der Waals surface area contributed by atoms with Crippen LogP contribution in [0.1, 0.15) is 22.4 Å². The van der Waals surface area contributed by atoms with Gasteiger partial charge in [-0.15, -0.1) is 5.10 Å². The highest BCUT2D eigenvalue weighted by atomic mass is 32.1. The van der Waals surface area contributed by atoms with Crippen LogP contribution in [0.2, 0.25) is 0 Å². The van der Waals surface area contributed by atoms with Crippen LogP contribution in [-0.2, 0) is 11.8 Å². The molecule has 144 valence electrons. The second kappa shape index (κ2) is 6.87. The number of nitrogens with one attached hydrogen (secondary N) is 1. The van der Waals surface area contributed by atoms with E-state index >= 15 is 0 Å². The lowest BCUT2D eigenvalue weighted by Crippen LogP contribution is -2.20. The van der Waals surface area contributed by atoms with E-state index in [0.717, 1.165) is 43.6 Å². The van der Waals surface area contributed by atoms with Crippen molar-refractivity contribution in [3.8, 4) is 5.88 Å². The van der Waals surface area contributed by atoms with E-state index in [0.29, 0.717) is 11.0 Å². The first kappa shape index (κ1) is 18.4. The Labute approximate surface area is 166 Å². The Kier molecular flexibility index (Phi) is 4.50. The first-order valence-electron chi connectivity index (χ1n) is 8.94. The number of rotatable bonds is 4. The zero-order valence-electron chi connectivity index (χ0n) is 16.5. The zero-order valence-corrected chi connectivity index (χ0v) is 17.3. The van der Waals surface area contributed by atoms with Crippen molar-refractivity contribution in [1.82, 2.24) is 19.7 Å². The summed E-state index contributed by atoms with van der Waals surface area (Å²) in [4.78, 5) is 21.4. The number of benzene rings is 1. The number of thiazole rings is 1. The SMILES string of the molecule is Cc1cc(C)c2c(OCC(=O)Nc3nc4c(C)ccc(C)c4s3)nn(C)c2n1. The number of aryl methyl sites for hydroxylation is 5. The van der Waals surface area contributed by atoms with Crippen LogP contribution in [0.4, 0.5) is 5.13 Å². The topological polar surface area (TPSA) is 81.9 Å². The van der Waals surface area contributed by atoms with Crippen LogP contribution < -0.4 is 10.1 Å². The van der Waals surface area contributed by atoms with Gasteiger partial charge in [-0.1, -0.05) is 23.5 Å². The van der Waals surface area contributed by atoms with Crippen molar-refractivity contribution in [2.75, 3.05) is 11.9 Å². The summed E-state index contributed by atoms with van der Waals surface area (Å²) in [6, 6.07) is 6.08. The van der Waals surface area contributed by atoms with Gasteiger partial charge in [-0.3, -0.25) is 10.1 Å². The quantitative estimate of drug-likeness (QED) is 0.568. The van der Waals surface area contributed by atoms with Crippen molar-refractivity contribution < 1.29 is 9.53 Å². The minimum absolute atomic E-state index is 0.146. The number of aromatic nitrogens is 4. The van der Waals surface area contributed by atoms with Crippen molar-refractivity contribution in [3.63, 3.8) is 0 Å². The number of fused-ring (bicyclic) bond motifs is 2. The monoisotopic (exact) mass is 395 g/mol. The largest absolute Gasteiger partial charge is 0.466 e. The van der Waals surface area contributed by atoms with E-state index in [1.54, 1.807) is 4.68 Å². The van der Waals surface area contributed by atoms with E-state index in [1.807, 2.05) is 46.9 Å². The number of pyridine rings is 1.